The zero-order valence-electron chi connectivity index (χ0n) is 16.7. The molecular weight excluding hydrogens is 352 g/mol. The van der Waals surface area contributed by atoms with Crippen molar-refractivity contribution >= 4 is 10.8 Å². The highest BCUT2D eigenvalue weighted by molar-refractivity contribution is 5.85. The molecule has 0 radical (unpaired) electrons. The van der Waals surface area contributed by atoms with Crippen LogP contribution >= 0.6 is 0 Å². The monoisotopic (exact) mass is 380 g/mol. The molecule has 144 valence electrons. The average molecular weight is 381 g/mol. The van der Waals surface area contributed by atoms with Crippen molar-refractivity contribution < 1.29 is 9.80 Å². The number of nitrogens with one attached hydrogen (secondary N) is 2. The molecule has 0 amide bonds. The van der Waals surface area contributed by atoms with Crippen LogP contribution in [0.4, 0.5) is 0 Å². The minimum Gasteiger partial charge on any atom is -0.273 e. The molecule has 1 aliphatic rings. The second-order valence-corrected chi connectivity index (χ2v) is 8.14. The molecule has 2 heteroatoms. The van der Waals surface area contributed by atoms with Gasteiger partial charge in [0.05, 0.1) is 5.56 Å². The first-order valence-corrected chi connectivity index (χ1v) is 10.6. The van der Waals surface area contributed by atoms with Gasteiger partial charge in [-0.15, -0.1) is 0 Å². The van der Waals surface area contributed by atoms with E-state index in [1.807, 2.05) is 0 Å². The molecule has 0 spiro atoms. The quantitative estimate of drug-likeness (QED) is 0.527. The number of benzene rings is 4. The summed E-state index contributed by atoms with van der Waals surface area (Å²) in [6.07, 6.45) is 0.446. The fraction of sp³-hybridized carbons (Fsp3) is 0.185. The van der Waals surface area contributed by atoms with E-state index in [4.69, 9.17) is 0 Å². The third-order valence-electron chi connectivity index (χ3n) is 6.27. The first-order chi connectivity index (χ1) is 14.4. The van der Waals surface area contributed by atoms with Gasteiger partial charge in [-0.3, -0.25) is 9.80 Å². The highest BCUT2D eigenvalue weighted by Gasteiger charge is 2.41. The molecule has 1 heterocycles. The van der Waals surface area contributed by atoms with Crippen LogP contribution in [0.3, 0.4) is 0 Å². The maximum Gasteiger partial charge on any atom is 0.241 e. The van der Waals surface area contributed by atoms with Crippen molar-refractivity contribution in [2.45, 2.75) is 19.3 Å². The van der Waals surface area contributed by atoms with E-state index in [1.54, 1.807) is 9.80 Å². The van der Waals surface area contributed by atoms with Crippen molar-refractivity contribution in [2.75, 3.05) is 13.1 Å². The Morgan fingerprint density at radius 1 is 0.552 bits per heavy atom. The summed E-state index contributed by atoms with van der Waals surface area (Å²) in [6, 6.07) is 37.6. The van der Waals surface area contributed by atoms with Crippen LogP contribution in [-0.4, -0.2) is 13.1 Å². The van der Waals surface area contributed by atoms with Gasteiger partial charge >= 0.3 is 0 Å². The average Bonchev–Trinajstić information content (AvgIpc) is 3.16. The topological polar surface area (TPSA) is 8.88 Å². The summed E-state index contributed by atoms with van der Waals surface area (Å²) in [6.45, 7) is 4.55. The van der Waals surface area contributed by atoms with Crippen LogP contribution in [0.1, 0.15) is 22.9 Å². The van der Waals surface area contributed by atoms with Crippen LogP contribution in [0, 0.1) is 0 Å². The lowest BCUT2D eigenvalue weighted by atomic mass is 10.0. The summed E-state index contributed by atoms with van der Waals surface area (Å²) in [5.74, 6) is 0. The van der Waals surface area contributed by atoms with Gasteiger partial charge in [-0.1, -0.05) is 97.1 Å². The van der Waals surface area contributed by atoms with E-state index >= 15 is 0 Å². The number of fused-ring (bicyclic) bond motifs is 1. The molecule has 4 aromatic rings. The van der Waals surface area contributed by atoms with Crippen molar-refractivity contribution in [1.29, 1.82) is 0 Å². The van der Waals surface area contributed by atoms with E-state index in [-0.39, 0.29) is 0 Å². The Labute approximate surface area is 173 Å². The molecule has 4 aromatic carbocycles. The molecule has 5 rings (SSSR count). The van der Waals surface area contributed by atoms with Crippen LogP contribution in [0.5, 0.6) is 0 Å². The molecule has 2 N–H and O–H groups in total. The SMILES string of the molecule is c1ccc(C[NH+]2CC[NH+](Cc3ccccc3)C2c2cccc3ccccc23)cc1. The van der Waals surface area contributed by atoms with E-state index in [9.17, 15) is 0 Å². The summed E-state index contributed by atoms with van der Waals surface area (Å²) in [7, 11) is 0. The van der Waals surface area contributed by atoms with Gasteiger partial charge in [0.1, 0.15) is 26.2 Å². The Hall–Kier alpha value is -2.94. The fourth-order valence-corrected chi connectivity index (χ4v) is 4.94. The largest absolute Gasteiger partial charge is 0.273 e. The van der Waals surface area contributed by atoms with E-state index in [1.165, 1.54) is 40.6 Å². The smallest absolute Gasteiger partial charge is 0.241 e. The van der Waals surface area contributed by atoms with Crippen molar-refractivity contribution in [3.05, 3.63) is 120 Å². The van der Waals surface area contributed by atoms with Crippen molar-refractivity contribution in [3.63, 3.8) is 0 Å². The molecule has 0 bridgehead atoms. The lowest BCUT2D eigenvalue weighted by Gasteiger charge is -2.26. The molecule has 29 heavy (non-hydrogen) atoms. The maximum absolute atomic E-state index is 2.36. The summed E-state index contributed by atoms with van der Waals surface area (Å²) in [5.41, 5.74) is 4.33. The molecule has 0 aromatic heterocycles. The van der Waals surface area contributed by atoms with Gasteiger partial charge in [0.25, 0.3) is 0 Å². The Morgan fingerprint density at radius 3 is 1.69 bits per heavy atom. The Morgan fingerprint density at radius 2 is 1.07 bits per heavy atom. The standard InChI is InChI=1S/C27H26N2/c1-3-10-22(11-4-1)20-28-18-19-29(21-23-12-5-2-6-13-23)27(28)26-17-9-15-24-14-7-8-16-25(24)26/h1-17,27H,18-21H2/p+2. The van der Waals surface area contributed by atoms with E-state index < -0.39 is 0 Å². The summed E-state index contributed by atoms with van der Waals surface area (Å²) < 4.78 is 0. The second kappa shape index (κ2) is 8.20. The van der Waals surface area contributed by atoms with Gasteiger partial charge < -0.3 is 0 Å². The zero-order chi connectivity index (χ0) is 19.5. The Kier molecular flexibility index (Phi) is 5.12. The fourth-order valence-electron chi connectivity index (χ4n) is 4.94. The Bertz CT molecular complexity index is 1020. The van der Waals surface area contributed by atoms with Gasteiger partial charge in [0.15, 0.2) is 0 Å². The maximum atomic E-state index is 2.36. The summed E-state index contributed by atoms with van der Waals surface area (Å²) in [5, 5.41) is 2.74. The van der Waals surface area contributed by atoms with Crippen LogP contribution in [0.15, 0.2) is 103 Å². The predicted molar refractivity (Wildman–Crippen MR) is 119 cm³/mol. The van der Waals surface area contributed by atoms with Gasteiger partial charge in [0.2, 0.25) is 6.17 Å². The van der Waals surface area contributed by atoms with Crippen molar-refractivity contribution in [1.82, 2.24) is 0 Å². The number of quaternary nitrogens is 2. The first kappa shape index (κ1) is 18.1. The normalized spacial score (nSPS) is 21.4. The molecule has 2 nitrogen and oxygen atoms in total. The minimum atomic E-state index is 0.446. The second-order valence-electron chi connectivity index (χ2n) is 8.14. The van der Waals surface area contributed by atoms with Crippen LogP contribution in [0.25, 0.3) is 10.8 Å². The van der Waals surface area contributed by atoms with Crippen LogP contribution in [-0.2, 0) is 13.1 Å². The van der Waals surface area contributed by atoms with Crippen LogP contribution < -0.4 is 9.80 Å². The lowest BCUT2D eigenvalue weighted by Crippen LogP contribution is -3.22. The number of rotatable bonds is 5. The molecular formula is C27H28N2+2. The molecule has 1 aliphatic heterocycles. The summed E-state index contributed by atoms with van der Waals surface area (Å²) >= 11 is 0. The van der Waals surface area contributed by atoms with Crippen molar-refractivity contribution in [3.8, 4) is 0 Å². The van der Waals surface area contributed by atoms with Gasteiger partial charge in [0, 0.05) is 11.1 Å². The van der Waals surface area contributed by atoms with E-state index in [2.05, 4.69) is 103 Å². The zero-order valence-corrected chi connectivity index (χ0v) is 16.7. The molecule has 0 saturated carbocycles. The van der Waals surface area contributed by atoms with E-state index in [0.717, 1.165) is 13.1 Å². The van der Waals surface area contributed by atoms with Gasteiger partial charge in [-0.2, -0.15) is 0 Å². The minimum absolute atomic E-state index is 0.446. The number of hydrogen-bond acceptors (Lipinski definition) is 0. The third kappa shape index (κ3) is 3.82. The molecule has 1 saturated heterocycles. The molecule has 1 fully saturated rings. The van der Waals surface area contributed by atoms with E-state index in [0.29, 0.717) is 6.17 Å². The van der Waals surface area contributed by atoms with Gasteiger partial charge in [-0.05, 0) is 16.8 Å². The van der Waals surface area contributed by atoms with Crippen molar-refractivity contribution in [2.24, 2.45) is 0 Å². The van der Waals surface area contributed by atoms with Gasteiger partial charge in [-0.25, -0.2) is 0 Å². The predicted octanol–water partition coefficient (Wildman–Crippen LogP) is 3.02. The van der Waals surface area contributed by atoms with Crippen LogP contribution in [0.2, 0.25) is 0 Å². The molecule has 2 atom stereocenters. The molecule has 0 aliphatic carbocycles. The number of hydrogen-bond donors (Lipinski definition) is 2. The summed E-state index contributed by atoms with van der Waals surface area (Å²) in [4.78, 5) is 3.33. The molecule has 2 unspecified atom stereocenters. The lowest BCUT2D eigenvalue weighted by molar-refractivity contribution is -1.09. The first-order valence-electron chi connectivity index (χ1n) is 10.6. The Balaban J connectivity index is 1.53. The highest BCUT2D eigenvalue weighted by Crippen LogP contribution is 2.21. The highest BCUT2D eigenvalue weighted by atomic mass is 15.4. The third-order valence-corrected chi connectivity index (χ3v) is 6.27.